The van der Waals surface area contributed by atoms with Gasteiger partial charge in [-0.25, -0.2) is 0 Å². The number of halogens is 3. The molecule has 2 aromatic carbocycles. The first-order valence-electron chi connectivity index (χ1n) is 10.4. The Labute approximate surface area is 217 Å². The van der Waals surface area contributed by atoms with E-state index in [9.17, 15) is 9.59 Å². The van der Waals surface area contributed by atoms with Crippen LogP contribution >= 0.6 is 46.6 Å². The van der Waals surface area contributed by atoms with Crippen molar-refractivity contribution in [1.29, 1.82) is 0 Å². The third-order valence-corrected chi connectivity index (χ3v) is 6.88. The minimum absolute atomic E-state index is 0.0184. The van der Waals surface area contributed by atoms with Crippen molar-refractivity contribution in [3.63, 3.8) is 0 Å². The van der Waals surface area contributed by atoms with Gasteiger partial charge in [0.1, 0.15) is 0 Å². The Balaban J connectivity index is 1.69. The molecule has 0 aliphatic carbocycles. The Morgan fingerprint density at radius 2 is 1.74 bits per heavy atom. The predicted molar refractivity (Wildman–Crippen MR) is 138 cm³/mol. The number of amides is 2. The predicted octanol–water partition coefficient (Wildman–Crippen LogP) is 5.94. The second-order valence-corrected chi connectivity index (χ2v) is 10.2. The maximum atomic E-state index is 12.9. The van der Waals surface area contributed by atoms with Crippen molar-refractivity contribution < 1.29 is 9.59 Å². The van der Waals surface area contributed by atoms with Crippen molar-refractivity contribution in [1.82, 2.24) is 20.1 Å². The number of thioether (sulfide) groups is 1. The number of benzene rings is 2. The number of hydrogen-bond donors (Lipinski definition) is 2. The number of nitrogens with one attached hydrogen (secondary N) is 2. The van der Waals surface area contributed by atoms with E-state index in [1.165, 1.54) is 17.8 Å². The van der Waals surface area contributed by atoms with Crippen LogP contribution in [0.2, 0.25) is 15.1 Å². The lowest BCUT2D eigenvalue weighted by atomic mass is 10.0. The maximum absolute atomic E-state index is 12.9. The largest absolute Gasteiger partial charge is 0.342 e. The second kappa shape index (κ2) is 11.4. The first-order chi connectivity index (χ1) is 16.1. The van der Waals surface area contributed by atoms with E-state index in [1.54, 1.807) is 35.9 Å². The molecule has 2 amide bonds. The van der Waals surface area contributed by atoms with Crippen molar-refractivity contribution in [3.05, 3.63) is 68.4 Å². The van der Waals surface area contributed by atoms with Crippen LogP contribution < -0.4 is 10.6 Å². The summed E-state index contributed by atoms with van der Waals surface area (Å²) in [5.74, 6) is 0.198. The van der Waals surface area contributed by atoms with Gasteiger partial charge in [0.05, 0.1) is 22.4 Å². The number of carbonyl (C=O) groups excluding carboxylic acids is 2. The van der Waals surface area contributed by atoms with Gasteiger partial charge in [-0.2, -0.15) is 0 Å². The van der Waals surface area contributed by atoms with Gasteiger partial charge in [0, 0.05) is 22.8 Å². The van der Waals surface area contributed by atoms with E-state index in [-0.39, 0.29) is 28.5 Å². The van der Waals surface area contributed by atoms with Crippen LogP contribution in [0.25, 0.3) is 0 Å². The van der Waals surface area contributed by atoms with Crippen LogP contribution in [-0.4, -0.2) is 32.3 Å². The lowest BCUT2D eigenvalue weighted by molar-refractivity contribution is -0.113. The summed E-state index contributed by atoms with van der Waals surface area (Å²) in [4.78, 5) is 25.3. The van der Waals surface area contributed by atoms with Crippen molar-refractivity contribution in [2.45, 2.75) is 32.0 Å². The number of carbonyl (C=O) groups is 2. The number of nitrogens with zero attached hydrogens (tertiary/aromatic N) is 3. The molecule has 0 fully saturated rings. The van der Waals surface area contributed by atoms with Crippen LogP contribution in [0, 0.1) is 12.8 Å². The molecule has 2 N–H and O–H groups in total. The summed E-state index contributed by atoms with van der Waals surface area (Å²) in [6.45, 7) is 5.83. The second-order valence-electron chi connectivity index (χ2n) is 8.02. The summed E-state index contributed by atoms with van der Waals surface area (Å²) in [6.07, 6.45) is 0. The Kier molecular flexibility index (Phi) is 8.87. The van der Waals surface area contributed by atoms with E-state index in [2.05, 4.69) is 20.8 Å². The number of aromatic nitrogens is 3. The smallest absolute Gasteiger partial charge is 0.253 e. The monoisotopic (exact) mass is 539 g/mol. The van der Waals surface area contributed by atoms with Crippen molar-refractivity contribution in [2.24, 2.45) is 13.0 Å². The summed E-state index contributed by atoms with van der Waals surface area (Å²) < 4.78 is 1.77. The SMILES string of the molecule is Cc1ccc(Cl)cc1NC(=O)CSc1nnc([C@@H](NC(=O)c2ccc(Cl)cc2Cl)C(C)C)n1C. The standard InChI is InChI=1S/C23H24Cl3N5O2S/c1-12(2)20(28-22(33)16-8-7-14(24)9-17(16)26)21-29-30-23(31(21)4)34-11-19(32)27-18-10-15(25)6-5-13(18)3/h5-10,12,20H,11H2,1-4H3,(H,27,32)(H,28,33)/t20-/m0/s1. The van der Waals surface area contributed by atoms with Crippen molar-refractivity contribution >= 4 is 64.1 Å². The highest BCUT2D eigenvalue weighted by Crippen LogP contribution is 2.27. The van der Waals surface area contributed by atoms with E-state index in [1.807, 2.05) is 26.8 Å². The van der Waals surface area contributed by atoms with Crippen LogP contribution in [0.5, 0.6) is 0 Å². The van der Waals surface area contributed by atoms with E-state index in [0.29, 0.717) is 32.3 Å². The molecule has 0 spiro atoms. The zero-order valence-electron chi connectivity index (χ0n) is 19.0. The summed E-state index contributed by atoms with van der Waals surface area (Å²) >= 11 is 19.4. The average Bonchev–Trinajstić information content (AvgIpc) is 3.12. The lowest BCUT2D eigenvalue weighted by Crippen LogP contribution is -2.33. The molecule has 0 saturated carbocycles. The fourth-order valence-corrected chi connectivity index (χ4v) is 4.57. The molecular formula is C23H24Cl3N5O2S. The van der Waals surface area contributed by atoms with Crippen LogP contribution in [0.4, 0.5) is 5.69 Å². The quantitative estimate of drug-likeness (QED) is 0.345. The highest BCUT2D eigenvalue weighted by molar-refractivity contribution is 7.99. The molecule has 1 aromatic heterocycles. The van der Waals surface area contributed by atoms with E-state index in [4.69, 9.17) is 34.8 Å². The van der Waals surface area contributed by atoms with Gasteiger partial charge in [0.15, 0.2) is 11.0 Å². The summed E-state index contributed by atoms with van der Waals surface area (Å²) in [5, 5.41) is 16.2. The minimum Gasteiger partial charge on any atom is -0.342 e. The average molecular weight is 541 g/mol. The zero-order chi connectivity index (χ0) is 25.0. The lowest BCUT2D eigenvalue weighted by Gasteiger charge is -2.22. The molecule has 0 aliphatic rings. The number of rotatable bonds is 8. The zero-order valence-corrected chi connectivity index (χ0v) is 22.1. The van der Waals surface area contributed by atoms with Gasteiger partial charge in [-0.3, -0.25) is 9.59 Å². The van der Waals surface area contributed by atoms with Gasteiger partial charge in [-0.05, 0) is 48.7 Å². The van der Waals surface area contributed by atoms with Gasteiger partial charge in [0.2, 0.25) is 5.91 Å². The molecule has 7 nitrogen and oxygen atoms in total. The molecule has 0 saturated heterocycles. The molecule has 0 aliphatic heterocycles. The van der Waals surface area contributed by atoms with Gasteiger partial charge in [-0.1, -0.05) is 66.5 Å². The molecule has 34 heavy (non-hydrogen) atoms. The molecule has 1 atom stereocenters. The normalized spacial score (nSPS) is 12.0. The molecule has 3 rings (SSSR count). The Hall–Kier alpha value is -2.26. The molecule has 1 heterocycles. The third kappa shape index (κ3) is 6.44. The summed E-state index contributed by atoms with van der Waals surface area (Å²) in [7, 11) is 1.80. The van der Waals surface area contributed by atoms with Crippen LogP contribution in [-0.2, 0) is 11.8 Å². The first kappa shape index (κ1) is 26.3. The summed E-state index contributed by atoms with van der Waals surface area (Å²) in [5.41, 5.74) is 1.90. The maximum Gasteiger partial charge on any atom is 0.253 e. The number of anilines is 1. The molecule has 0 unspecified atom stereocenters. The highest BCUT2D eigenvalue weighted by atomic mass is 35.5. The molecule has 180 valence electrons. The number of aryl methyl sites for hydroxylation is 1. The topological polar surface area (TPSA) is 88.9 Å². The molecule has 0 radical (unpaired) electrons. The third-order valence-electron chi connectivity index (χ3n) is 5.08. The Morgan fingerprint density at radius 3 is 2.41 bits per heavy atom. The van der Waals surface area contributed by atoms with Crippen LogP contribution in [0.3, 0.4) is 0 Å². The van der Waals surface area contributed by atoms with Crippen LogP contribution in [0.15, 0.2) is 41.6 Å². The minimum atomic E-state index is -0.422. The highest BCUT2D eigenvalue weighted by Gasteiger charge is 2.26. The fraction of sp³-hybridized carbons (Fsp3) is 0.304. The van der Waals surface area contributed by atoms with Gasteiger partial charge >= 0.3 is 0 Å². The fourth-order valence-electron chi connectivity index (χ4n) is 3.19. The van der Waals surface area contributed by atoms with E-state index in [0.717, 1.165) is 5.56 Å². The van der Waals surface area contributed by atoms with Crippen molar-refractivity contribution in [3.8, 4) is 0 Å². The van der Waals surface area contributed by atoms with E-state index < -0.39 is 6.04 Å². The first-order valence-corrected chi connectivity index (χ1v) is 12.5. The van der Waals surface area contributed by atoms with Gasteiger partial charge < -0.3 is 15.2 Å². The van der Waals surface area contributed by atoms with Crippen molar-refractivity contribution in [2.75, 3.05) is 11.1 Å². The number of hydrogen-bond acceptors (Lipinski definition) is 5. The molecule has 11 heteroatoms. The molecular weight excluding hydrogens is 517 g/mol. The van der Waals surface area contributed by atoms with E-state index >= 15 is 0 Å². The summed E-state index contributed by atoms with van der Waals surface area (Å²) in [6, 6.07) is 9.62. The Morgan fingerprint density at radius 1 is 1.06 bits per heavy atom. The van der Waals surface area contributed by atoms with Gasteiger partial charge in [0.25, 0.3) is 5.91 Å². The molecule has 0 bridgehead atoms. The van der Waals surface area contributed by atoms with Gasteiger partial charge in [-0.15, -0.1) is 10.2 Å². The molecule has 3 aromatic rings. The van der Waals surface area contributed by atoms with Crippen LogP contribution in [0.1, 0.15) is 41.6 Å². The Bertz CT molecular complexity index is 1220.